The Bertz CT molecular complexity index is 451. The van der Waals surface area contributed by atoms with Crippen LogP contribution in [0.4, 0.5) is 5.69 Å². The van der Waals surface area contributed by atoms with Crippen LogP contribution in [0.15, 0.2) is 18.2 Å². The third kappa shape index (κ3) is 3.40. The molecule has 0 aliphatic heterocycles. The second kappa shape index (κ2) is 6.17. The van der Waals surface area contributed by atoms with Crippen molar-refractivity contribution >= 4 is 23.3 Å². The van der Waals surface area contributed by atoms with E-state index in [0.717, 1.165) is 12.8 Å². The molecule has 0 spiro atoms. The zero-order chi connectivity index (χ0) is 12.8. The SMILES string of the molecule is C#CC(CCC)Nc1cccc(Cl)c1C(=O)O. The maximum atomic E-state index is 11.1. The molecule has 0 fully saturated rings. The van der Waals surface area contributed by atoms with E-state index in [1.807, 2.05) is 6.92 Å². The highest BCUT2D eigenvalue weighted by atomic mass is 35.5. The van der Waals surface area contributed by atoms with E-state index >= 15 is 0 Å². The van der Waals surface area contributed by atoms with E-state index in [9.17, 15) is 4.79 Å². The standard InChI is InChI=1S/C13H14ClNO2/c1-3-6-9(4-2)15-11-8-5-7-10(14)12(11)13(16)17/h2,5,7-9,15H,3,6H2,1H3,(H,16,17). The fourth-order valence-corrected chi connectivity index (χ4v) is 1.79. The molecule has 0 aliphatic carbocycles. The number of benzene rings is 1. The summed E-state index contributed by atoms with van der Waals surface area (Å²) in [5, 5.41) is 12.3. The summed E-state index contributed by atoms with van der Waals surface area (Å²) in [5.74, 6) is 1.53. The molecule has 3 nitrogen and oxygen atoms in total. The van der Waals surface area contributed by atoms with Gasteiger partial charge in [0.05, 0.1) is 16.8 Å². The van der Waals surface area contributed by atoms with Gasteiger partial charge in [-0.25, -0.2) is 4.79 Å². The molecule has 0 radical (unpaired) electrons. The van der Waals surface area contributed by atoms with Crippen LogP contribution in [-0.2, 0) is 0 Å². The first kappa shape index (κ1) is 13.4. The van der Waals surface area contributed by atoms with Crippen molar-refractivity contribution in [2.75, 3.05) is 5.32 Å². The summed E-state index contributed by atoms with van der Waals surface area (Å²) < 4.78 is 0. The molecule has 1 aromatic rings. The Morgan fingerprint density at radius 2 is 2.35 bits per heavy atom. The lowest BCUT2D eigenvalue weighted by atomic mass is 10.1. The van der Waals surface area contributed by atoms with Gasteiger partial charge in [0.25, 0.3) is 0 Å². The lowest BCUT2D eigenvalue weighted by Gasteiger charge is -2.16. The zero-order valence-corrected chi connectivity index (χ0v) is 10.3. The summed E-state index contributed by atoms with van der Waals surface area (Å²) in [4.78, 5) is 11.1. The maximum absolute atomic E-state index is 11.1. The van der Waals surface area contributed by atoms with Gasteiger partial charge < -0.3 is 10.4 Å². The van der Waals surface area contributed by atoms with Crippen molar-refractivity contribution in [1.82, 2.24) is 0 Å². The van der Waals surface area contributed by atoms with Gasteiger partial charge in [0, 0.05) is 0 Å². The fourth-order valence-electron chi connectivity index (χ4n) is 1.54. The number of carbonyl (C=O) groups is 1. The summed E-state index contributed by atoms with van der Waals surface area (Å²) in [6, 6.07) is 4.71. The summed E-state index contributed by atoms with van der Waals surface area (Å²) in [7, 11) is 0. The molecule has 2 N–H and O–H groups in total. The van der Waals surface area contributed by atoms with Crippen molar-refractivity contribution in [3.63, 3.8) is 0 Å². The van der Waals surface area contributed by atoms with Crippen LogP contribution in [0, 0.1) is 12.3 Å². The lowest BCUT2D eigenvalue weighted by molar-refractivity contribution is 0.0698. The maximum Gasteiger partial charge on any atom is 0.339 e. The molecule has 0 aliphatic rings. The first-order valence-corrected chi connectivity index (χ1v) is 5.72. The van der Waals surface area contributed by atoms with Crippen LogP contribution in [-0.4, -0.2) is 17.1 Å². The van der Waals surface area contributed by atoms with Crippen molar-refractivity contribution in [3.8, 4) is 12.3 Å². The highest BCUT2D eigenvalue weighted by molar-refractivity contribution is 6.34. The number of nitrogens with one attached hydrogen (secondary N) is 1. The fraction of sp³-hybridized carbons (Fsp3) is 0.308. The average Bonchev–Trinajstić information content (AvgIpc) is 2.28. The van der Waals surface area contributed by atoms with Crippen LogP contribution >= 0.6 is 11.6 Å². The minimum Gasteiger partial charge on any atom is -0.478 e. The van der Waals surface area contributed by atoms with Gasteiger partial charge in [-0.2, -0.15) is 0 Å². The van der Waals surface area contributed by atoms with E-state index in [1.54, 1.807) is 18.2 Å². The summed E-state index contributed by atoms with van der Waals surface area (Å²) in [6.45, 7) is 2.02. The Hall–Kier alpha value is -1.66. The molecule has 1 atom stereocenters. The second-order valence-electron chi connectivity index (χ2n) is 3.62. The largest absolute Gasteiger partial charge is 0.478 e. The topological polar surface area (TPSA) is 49.3 Å². The van der Waals surface area contributed by atoms with E-state index in [-0.39, 0.29) is 16.6 Å². The number of aromatic carboxylic acids is 1. The average molecular weight is 252 g/mol. The molecule has 0 bridgehead atoms. The van der Waals surface area contributed by atoms with Crippen LogP contribution in [0.5, 0.6) is 0 Å². The van der Waals surface area contributed by atoms with Gasteiger partial charge in [0.15, 0.2) is 0 Å². The molecule has 4 heteroatoms. The number of halogens is 1. The predicted octanol–water partition coefficient (Wildman–Crippen LogP) is 3.25. The number of rotatable bonds is 5. The summed E-state index contributed by atoms with van der Waals surface area (Å²) >= 11 is 5.86. The molecule has 0 saturated carbocycles. The number of hydrogen-bond donors (Lipinski definition) is 2. The first-order chi connectivity index (χ1) is 8.10. The molecule has 1 rings (SSSR count). The van der Waals surface area contributed by atoms with Gasteiger partial charge in [0.1, 0.15) is 5.56 Å². The van der Waals surface area contributed by atoms with E-state index in [1.165, 1.54) is 0 Å². The van der Waals surface area contributed by atoms with Crippen LogP contribution < -0.4 is 5.32 Å². The second-order valence-corrected chi connectivity index (χ2v) is 4.03. The van der Waals surface area contributed by atoms with Gasteiger partial charge >= 0.3 is 5.97 Å². The molecule has 0 amide bonds. The summed E-state index contributed by atoms with van der Waals surface area (Å²) in [5.41, 5.74) is 0.520. The van der Waals surface area contributed by atoms with E-state index in [2.05, 4.69) is 11.2 Å². The number of anilines is 1. The van der Waals surface area contributed by atoms with Gasteiger partial charge in [-0.3, -0.25) is 0 Å². The monoisotopic (exact) mass is 251 g/mol. The minimum absolute atomic E-state index is 0.0607. The number of hydrogen-bond acceptors (Lipinski definition) is 2. The highest BCUT2D eigenvalue weighted by Gasteiger charge is 2.15. The minimum atomic E-state index is -1.06. The number of carboxylic acid groups (broad SMARTS) is 1. The lowest BCUT2D eigenvalue weighted by Crippen LogP contribution is -2.19. The quantitative estimate of drug-likeness (QED) is 0.790. The van der Waals surface area contributed by atoms with Crippen LogP contribution in [0.3, 0.4) is 0 Å². The molecule has 0 heterocycles. The molecule has 90 valence electrons. The van der Waals surface area contributed by atoms with E-state index < -0.39 is 5.97 Å². The van der Waals surface area contributed by atoms with Crippen molar-refractivity contribution in [3.05, 3.63) is 28.8 Å². The van der Waals surface area contributed by atoms with Crippen LogP contribution in [0.25, 0.3) is 0 Å². The normalized spacial score (nSPS) is 11.6. The van der Waals surface area contributed by atoms with Gasteiger partial charge in [-0.05, 0) is 18.6 Å². The Kier molecular flexibility index (Phi) is 4.86. The van der Waals surface area contributed by atoms with Crippen molar-refractivity contribution < 1.29 is 9.90 Å². The Labute approximate surface area is 106 Å². The summed E-state index contributed by atoms with van der Waals surface area (Å²) in [6.07, 6.45) is 7.08. The molecule has 1 aromatic carbocycles. The van der Waals surface area contributed by atoms with Crippen LogP contribution in [0.1, 0.15) is 30.1 Å². The van der Waals surface area contributed by atoms with Gasteiger partial charge in [0.2, 0.25) is 0 Å². The van der Waals surface area contributed by atoms with Gasteiger partial charge in [-0.15, -0.1) is 6.42 Å². The van der Waals surface area contributed by atoms with E-state index in [0.29, 0.717) is 5.69 Å². The molecule has 17 heavy (non-hydrogen) atoms. The molecule has 1 unspecified atom stereocenters. The zero-order valence-electron chi connectivity index (χ0n) is 9.53. The third-order valence-electron chi connectivity index (χ3n) is 2.34. The molecule has 0 aromatic heterocycles. The Morgan fingerprint density at radius 1 is 1.65 bits per heavy atom. The predicted molar refractivity (Wildman–Crippen MR) is 69.6 cm³/mol. The van der Waals surface area contributed by atoms with E-state index in [4.69, 9.17) is 23.1 Å². The van der Waals surface area contributed by atoms with Crippen molar-refractivity contribution in [2.45, 2.75) is 25.8 Å². The van der Waals surface area contributed by atoms with Crippen LogP contribution in [0.2, 0.25) is 5.02 Å². The molecule has 0 saturated heterocycles. The van der Waals surface area contributed by atoms with Crippen molar-refractivity contribution in [1.29, 1.82) is 0 Å². The smallest absolute Gasteiger partial charge is 0.339 e. The Balaban J connectivity index is 3.02. The number of carboxylic acids is 1. The van der Waals surface area contributed by atoms with Gasteiger partial charge in [-0.1, -0.05) is 36.9 Å². The number of terminal acetylenes is 1. The highest BCUT2D eigenvalue weighted by Crippen LogP contribution is 2.25. The third-order valence-corrected chi connectivity index (χ3v) is 2.65. The first-order valence-electron chi connectivity index (χ1n) is 5.34. The molecular formula is C13H14ClNO2. The van der Waals surface area contributed by atoms with Crippen molar-refractivity contribution in [2.24, 2.45) is 0 Å². The molecular weight excluding hydrogens is 238 g/mol. The Morgan fingerprint density at radius 3 is 2.88 bits per heavy atom.